The number of benzene rings is 2. The number of furan rings is 1. The molecule has 0 bridgehead atoms. The third-order valence-corrected chi connectivity index (χ3v) is 5.49. The molecule has 3 aromatic heterocycles. The molecule has 0 saturated heterocycles. The average Bonchev–Trinajstić information content (AvgIpc) is 3.50. The number of nitrogens with zero attached hydrogens (tertiary/aromatic N) is 3. The summed E-state index contributed by atoms with van der Waals surface area (Å²) in [5.41, 5.74) is 5.33. The topological polar surface area (TPSA) is 71.5 Å². The quantitative estimate of drug-likeness (QED) is 0.335. The lowest BCUT2D eigenvalue weighted by atomic mass is 10.1. The average molecular weight is 441 g/mol. The molecule has 2 aromatic carbocycles. The Labute approximate surface area is 191 Å². The van der Waals surface area contributed by atoms with E-state index < -0.39 is 0 Å². The van der Waals surface area contributed by atoms with Gasteiger partial charge in [0.2, 0.25) is 5.75 Å². The summed E-state index contributed by atoms with van der Waals surface area (Å²) in [6.45, 7) is 0.698. The maximum atomic E-state index is 6.29. The highest BCUT2D eigenvalue weighted by atomic mass is 16.5. The van der Waals surface area contributed by atoms with E-state index in [9.17, 15) is 0 Å². The molecule has 7 nitrogen and oxygen atoms in total. The van der Waals surface area contributed by atoms with Crippen LogP contribution in [0.5, 0.6) is 17.2 Å². The molecule has 0 atom stereocenters. The summed E-state index contributed by atoms with van der Waals surface area (Å²) in [5.74, 6) is 2.30. The van der Waals surface area contributed by atoms with Crippen molar-refractivity contribution in [3.8, 4) is 39.7 Å². The van der Waals surface area contributed by atoms with Gasteiger partial charge < -0.3 is 18.6 Å². The van der Waals surface area contributed by atoms with E-state index in [4.69, 9.17) is 18.6 Å². The van der Waals surface area contributed by atoms with Crippen molar-refractivity contribution < 1.29 is 18.6 Å². The van der Waals surface area contributed by atoms with Gasteiger partial charge in [-0.2, -0.15) is 5.10 Å². The third kappa shape index (κ3) is 3.89. The Bertz CT molecular complexity index is 1380. The normalized spacial score (nSPS) is 11.0. The number of hydrogen-bond acceptors (Lipinski definition) is 6. The SMILES string of the molecule is COc1cc(-c2cc3nccc(-c4cnn(Cc5ccccc5)c4)c3o2)cc(OC)c1OC. The molecule has 0 fully saturated rings. The number of methoxy groups -OCH3 is 3. The lowest BCUT2D eigenvalue weighted by Crippen LogP contribution is -1.99. The van der Waals surface area contributed by atoms with Crippen molar-refractivity contribution in [2.45, 2.75) is 6.54 Å². The second-order valence-corrected chi connectivity index (χ2v) is 7.51. The molecule has 0 radical (unpaired) electrons. The first-order valence-corrected chi connectivity index (χ1v) is 10.5. The van der Waals surface area contributed by atoms with E-state index in [1.165, 1.54) is 5.56 Å². The van der Waals surface area contributed by atoms with Gasteiger partial charge in [0.15, 0.2) is 17.1 Å². The van der Waals surface area contributed by atoms with Crippen molar-refractivity contribution in [2.75, 3.05) is 21.3 Å². The van der Waals surface area contributed by atoms with E-state index >= 15 is 0 Å². The molecule has 166 valence electrons. The van der Waals surface area contributed by atoms with Crippen molar-refractivity contribution in [3.05, 3.63) is 78.8 Å². The molecule has 0 saturated carbocycles. The minimum Gasteiger partial charge on any atom is -0.493 e. The van der Waals surface area contributed by atoms with Crippen LogP contribution in [0.2, 0.25) is 0 Å². The lowest BCUT2D eigenvalue weighted by molar-refractivity contribution is 0.324. The molecule has 0 aliphatic rings. The highest BCUT2D eigenvalue weighted by Gasteiger charge is 2.18. The highest BCUT2D eigenvalue weighted by Crippen LogP contribution is 2.42. The number of fused-ring (bicyclic) bond motifs is 1. The summed E-state index contributed by atoms with van der Waals surface area (Å²) >= 11 is 0. The van der Waals surface area contributed by atoms with Gasteiger partial charge in [-0.25, -0.2) is 0 Å². The predicted octanol–water partition coefficient (Wildman–Crippen LogP) is 5.43. The summed E-state index contributed by atoms with van der Waals surface area (Å²) in [4.78, 5) is 4.50. The van der Waals surface area contributed by atoms with Gasteiger partial charge in [-0.1, -0.05) is 30.3 Å². The summed E-state index contributed by atoms with van der Waals surface area (Å²) in [6.07, 6.45) is 5.64. The van der Waals surface area contributed by atoms with E-state index in [-0.39, 0.29) is 0 Å². The Morgan fingerprint density at radius 2 is 1.64 bits per heavy atom. The van der Waals surface area contributed by atoms with Gasteiger partial charge in [0.25, 0.3) is 0 Å². The van der Waals surface area contributed by atoms with Crippen LogP contribution in [-0.2, 0) is 6.54 Å². The number of hydrogen-bond donors (Lipinski definition) is 0. The van der Waals surface area contributed by atoms with Gasteiger partial charge in [0, 0.05) is 35.2 Å². The monoisotopic (exact) mass is 441 g/mol. The number of rotatable bonds is 7. The highest BCUT2D eigenvalue weighted by molar-refractivity contribution is 5.92. The predicted molar refractivity (Wildman–Crippen MR) is 126 cm³/mol. The first-order valence-electron chi connectivity index (χ1n) is 10.5. The molecular formula is C26H23N3O4. The van der Waals surface area contributed by atoms with Gasteiger partial charge >= 0.3 is 0 Å². The zero-order valence-electron chi connectivity index (χ0n) is 18.6. The fourth-order valence-electron chi connectivity index (χ4n) is 3.89. The zero-order chi connectivity index (χ0) is 22.8. The van der Waals surface area contributed by atoms with E-state index in [2.05, 4.69) is 22.2 Å². The van der Waals surface area contributed by atoms with Crippen LogP contribution in [-0.4, -0.2) is 36.1 Å². The third-order valence-electron chi connectivity index (χ3n) is 5.49. The van der Waals surface area contributed by atoms with Gasteiger partial charge in [-0.15, -0.1) is 0 Å². The molecule has 0 aliphatic carbocycles. The molecule has 5 aromatic rings. The zero-order valence-corrected chi connectivity index (χ0v) is 18.6. The van der Waals surface area contributed by atoms with Gasteiger partial charge in [-0.05, 0) is 23.8 Å². The smallest absolute Gasteiger partial charge is 0.203 e. The van der Waals surface area contributed by atoms with Gasteiger partial charge in [0.05, 0.1) is 34.1 Å². The molecule has 0 unspecified atom stereocenters. The standard InChI is InChI=1S/C26H23N3O4/c1-30-23-11-18(12-24(31-2)26(23)32-3)22-13-21-25(33-22)20(9-10-27-21)19-14-28-29(16-19)15-17-7-5-4-6-8-17/h4-14,16H,15H2,1-3H3. The van der Waals surface area contributed by atoms with Crippen molar-refractivity contribution in [1.82, 2.24) is 14.8 Å². The lowest BCUT2D eigenvalue weighted by Gasteiger charge is -2.13. The minimum absolute atomic E-state index is 0.532. The molecule has 0 spiro atoms. The molecule has 0 amide bonds. The Hall–Kier alpha value is -4.26. The summed E-state index contributed by atoms with van der Waals surface area (Å²) in [7, 11) is 4.76. The molecule has 3 heterocycles. The second kappa shape index (κ2) is 8.70. The number of aromatic nitrogens is 3. The van der Waals surface area contributed by atoms with Crippen LogP contribution in [0.4, 0.5) is 0 Å². The van der Waals surface area contributed by atoms with Crippen LogP contribution in [0.25, 0.3) is 33.6 Å². The first kappa shape index (κ1) is 20.6. The minimum atomic E-state index is 0.532. The van der Waals surface area contributed by atoms with Crippen LogP contribution in [0, 0.1) is 0 Å². The number of ether oxygens (including phenoxy) is 3. The summed E-state index contributed by atoms with van der Waals surface area (Å²) in [6, 6.07) is 17.8. The van der Waals surface area contributed by atoms with Crippen molar-refractivity contribution >= 4 is 11.1 Å². The largest absolute Gasteiger partial charge is 0.493 e. The Morgan fingerprint density at radius 3 is 2.33 bits per heavy atom. The second-order valence-electron chi connectivity index (χ2n) is 7.51. The Balaban J connectivity index is 1.54. The maximum absolute atomic E-state index is 6.29. The van der Waals surface area contributed by atoms with Crippen molar-refractivity contribution in [3.63, 3.8) is 0 Å². The number of pyridine rings is 1. The Morgan fingerprint density at radius 1 is 0.879 bits per heavy atom. The maximum Gasteiger partial charge on any atom is 0.203 e. The molecule has 33 heavy (non-hydrogen) atoms. The first-order chi connectivity index (χ1) is 16.2. The molecule has 7 heteroatoms. The van der Waals surface area contributed by atoms with E-state index in [1.54, 1.807) is 27.5 Å². The van der Waals surface area contributed by atoms with E-state index in [0.29, 0.717) is 35.1 Å². The van der Waals surface area contributed by atoms with Crippen LogP contribution in [0.1, 0.15) is 5.56 Å². The summed E-state index contributed by atoms with van der Waals surface area (Å²) in [5, 5.41) is 4.53. The van der Waals surface area contributed by atoms with Crippen LogP contribution in [0.15, 0.2) is 77.6 Å². The van der Waals surface area contributed by atoms with Crippen LogP contribution >= 0.6 is 0 Å². The fourth-order valence-corrected chi connectivity index (χ4v) is 3.89. The van der Waals surface area contributed by atoms with Gasteiger partial charge in [0.1, 0.15) is 11.3 Å². The van der Waals surface area contributed by atoms with Crippen LogP contribution in [0.3, 0.4) is 0 Å². The molecule has 0 N–H and O–H groups in total. The Kier molecular flexibility index (Phi) is 5.44. The molecule has 0 aliphatic heterocycles. The fraction of sp³-hybridized carbons (Fsp3) is 0.154. The van der Waals surface area contributed by atoms with Crippen molar-refractivity contribution in [1.29, 1.82) is 0 Å². The van der Waals surface area contributed by atoms with Crippen LogP contribution < -0.4 is 14.2 Å². The van der Waals surface area contributed by atoms with Gasteiger partial charge in [-0.3, -0.25) is 9.67 Å². The van der Waals surface area contributed by atoms with E-state index in [1.807, 2.05) is 59.5 Å². The molecular weight excluding hydrogens is 418 g/mol. The molecule has 5 rings (SSSR count). The summed E-state index contributed by atoms with van der Waals surface area (Å²) < 4.78 is 24.6. The van der Waals surface area contributed by atoms with E-state index in [0.717, 1.165) is 22.2 Å². The van der Waals surface area contributed by atoms with Crippen molar-refractivity contribution in [2.24, 2.45) is 0 Å².